The molecule has 0 aliphatic carbocycles. The molecule has 0 aliphatic heterocycles. The summed E-state index contributed by atoms with van der Waals surface area (Å²) in [5.74, 6) is -1.03. The fourth-order valence-corrected chi connectivity index (χ4v) is 0.417. The molecule has 4 nitrogen and oxygen atoms in total. The summed E-state index contributed by atoms with van der Waals surface area (Å²) in [5.41, 5.74) is 0.0185. The molecule has 1 aromatic rings. The van der Waals surface area contributed by atoms with Gasteiger partial charge in [0, 0.05) is 6.20 Å². The van der Waals surface area contributed by atoms with Crippen LogP contribution in [0.5, 0.6) is 0 Å². The fourth-order valence-electron chi connectivity index (χ4n) is 0.417. The van der Waals surface area contributed by atoms with Crippen LogP contribution in [0, 0.1) is 0 Å². The molecule has 0 atom stereocenters. The summed E-state index contributed by atoms with van der Waals surface area (Å²) in [6.45, 7) is 0. The first kappa shape index (κ1) is 9.55. The number of nitrogens with zero attached hydrogens (tertiary/aromatic N) is 2. The van der Waals surface area contributed by atoms with Gasteiger partial charge >= 0.3 is 35.5 Å². The average Bonchev–Trinajstić information content (AvgIpc) is 1.90. The molecule has 0 unspecified atom stereocenters. The summed E-state index contributed by atoms with van der Waals surface area (Å²) < 4.78 is 0. The van der Waals surface area contributed by atoms with Crippen molar-refractivity contribution >= 4 is 5.97 Å². The van der Waals surface area contributed by atoms with E-state index >= 15 is 0 Å². The molecule has 0 saturated heterocycles. The number of aromatic carboxylic acids is 1. The number of rotatable bonds is 1. The molecule has 48 valence electrons. The summed E-state index contributed by atoms with van der Waals surface area (Å²) in [6.07, 6.45) is 2.58. The van der Waals surface area contributed by atoms with Gasteiger partial charge in [-0.15, -0.1) is 0 Å². The molecule has 0 radical (unpaired) electrons. The molecule has 0 amide bonds. The predicted molar refractivity (Wildman–Crippen MR) is 30.1 cm³/mol. The molecule has 1 heterocycles. The minimum absolute atomic E-state index is 0. The van der Waals surface area contributed by atoms with Crippen LogP contribution in [-0.2, 0) is 0 Å². The van der Waals surface area contributed by atoms with E-state index < -0.39 is 5.97 Å². The zero-order chi connectivity index (χ0) is 6.69. The van der Waals surface area contributed by atoms with Gasteiger partial charge in [0.25, 0.3) is 0 Å². The van der Waals surface area contributed by atoms with E-state index in [0.29, 0.717) is 0 Å². The summed E-state index contributed by atoms with van der Waals surface area (Å²) >= 11 is 0. The molecule has 0 spiro atoms. The molecule has 0 bridgehead atoms. The monoisotopic (exact) mass is 148 g/mol. The van der Waals surface area contributed by atoms with Gasteiger partial charge in [-0.2, -0.15) is 0 Å². The van der Waals surface area contributed by atoms with Gasteiger partial charge < -0.3 is 6.53 Å². The molecule has 10 heavy (non-hydrogen) atoms. The second-order valence-electron chi connectivity index (χ2n) is 1.40. The van der Waals surface area contributed by atoms with E-state index in [1.807, 2.05) is 0 Å². The van der Waals surface area contributed by atoms with E-state index in [0.717, 1.165) is 0 Å². The van der Waals surface area contributed by atoms with Gasteiger partial charge in [0.15, 0.2) is 5.69 Å². The van der Waals surface area contributed by atoms with Gasteiger partial charge in [-0.05, 0) is 6.07 Å². The Labute approximate surface area is 81.1 Å². The van der Waals surface area contributed by atoms with Crippen molar-refractivity contribution in [3.8, 4) is 0 Å². The molecular formula is C5H5N2NaO2. The van der Waals surface area contributed by atoms with Crippen LogP contribution in [0.15, 0.2) is 18.6 Å². The van der Waals surface area contributed by atoms with E-state index in [4.69, 9.17) is 5.11 Å². The molecule has 0 fully saturated rings. The van der Waals surface area contributed by atoms with Crippen molar-refractivity contribution in [2.75, 3.05) is 0 Å². The molecule has 5 heteroatoms. The topological polar surface area (TPSA) is 63.1 Å². The van der Waals surface area contributed by atoms with Crippen LogP contribution in [0.3, 0.4) is 0 Å². The number of aromatic nitrogens is 2. The standard InChI is InChI=1S/C5H4N2O2.Na.H/c8-5(9)4-1-2-6-3-7-4;;/h1-3H,(H,8,9);;/q;+1;-1. The van der Waals surface area contributed by atoms with Gasteiger partial charge in [-0.3, -0.25) is 0 Å². The molecule has 0 aliphatic rings. The van der Waals surface area contributed by atoms with Crippen LogP contribution in [0.4, 0.5) is 0 Å². The second-order valence-corrected chi connectivity index (χ2v) is 1.40. The van der Waals surface area contributed by atoms with Crippen molar-refractivity contribution in [3.63, 3.8) is 0 Å². The van der Waals surface area contributed by atoms with Gasteiger partial charge in [0.2, 0.25) is 0 Å². The van der Waals surface area contributed by atoms with Crippen molar-refractivity contribution in [2.45, 2.75) is 0 Å². The van der Waals surface area contributed by atoms with E-state index in [1.165, 1.54) is 18.6 Å². The van der Waals surface area contributed by atoms with Crippen molar-refractivity contribution in [1.82, 2.24) is 9.97 Å². The van der Waals surface area contributed by atoms with Crippen molar-refractivity contribution in [3.05, 3.63) is 24.3 Å². The number of hydrogen-bond donors (Lipinski definition) is 1. The smallest absolute Gasteiger partial charge is 1.00 e. The maximum atomic E-state index is 10.1. The SMILES string of the molecule is O=C(O)c1ccncn1.[H-].[Na+]. The van der Waals surface area contributed by atoms with Crippen molar-refractivity contribution in [2.24, 2.45) is 0 Å². The first-order chi connectivity index (χ1) is 4.30. The van der Waals surface area contributed by atoms with E-state index in [1.54, 1.807) is 0 Å². The van der Waals surface area contributed by atoms with Crippen LogP contribution < -0.4 is 29.6 Å². The van der Waals surface area contributed by atoms with Crippen LogP contribution >= 0.6 is 0 Å². The largest absolute Gasteiger partial charge is 1.00 e. The first-order valence-corrected chi connectivity index (χ1v) is 2.30. The van der Waals surface area contributed by atoms with Gasteiger partial charge in [0.05, 0.1) is 0 Å². The van der Waals surface area contributed by atoms with E-state index in [-0.39, 0.29) is 36.7 Å². The molecule has 1 N–H and O–H groups in total. The minimum atomic E-state index is -1.03. The normalized spacial score (nSPS) is 8.00. The zero-order valence-corrected chi connectivity index (χ0v) is 7.48. The summed E-state index contributed by atoms with van der Waals surface area (Å²) in [7, 11) is 0. The Hall–Kier alpha value is -0.450. The number of carboxylic acid groups (broad SMARTS) is 1. The first-order valence-electron chi connectivity index (χ1n) is 2.30. The van der Waals surface area contributed by atoms with Crippen LogP contribution in [0.1, 0.15) is 11.9 Å². The van der Waals surface area contributed by atoms with Gasteiger partial charge in [-0.1, -0.05) is 0 Å². The minimum Gasteiger partial charge on any atom is -1.00 e. The molecular weight excluding hydrogens is 143 g/mol. The van der Waals surface area contributed by atoms with Crippen LogP contribution in [0.2, 0.25) is 0 Å². The second kappa shape index (κ2) is 4.38. The Balaban J connectivity index is 0. The molecule has 0 saturated carbocycles. The van der Waals surface area contributed by atoms with Crippen molar-refractivity contribution in [1.29, 1.82) is 0 Å². The summed E-state index contributed by atoms with van der Waals surface area (Å²) in [5, 5.41) is 8.29. The van der Waals surface area contributed by atoms with E-state index in [2.05, 4.69) is 9.97 Å². The maximum Gasteiger partial charge on any atom is 1.00 e. The third-order valence-electron chi connectivity index (χ3n) is 0.801. The van der Waals surface area contributed by atoms with Gasteiger partial charge in [-0.25, -0.2) is 14.8 Å². The predicted octanol–water partition coefficient (Wildman–Crippen LogP) is -2.71. The van der Waals surface area contributed by atoms with Crippen LogP contribution in [-0.4, -0.2) is 21.0 Å². The quantitative estimate of drug-likeness (QED) is 0.440. The Kier molecular flexibility index (Phi) is 4.18. The third kappa shape index (κ3) is 2.43. The third-order valence-corrected chi connectivity index (χ3v) is 0.801. The molecule has 1 rings (SSSR count). The number of carboxylic acids is 1. The maximum absolute atomic E-state index is 10.1. The number of carbonyl (C=O) groups is 1. The van der Waals surface area contributed by atoms with Crippen molar-refractivity contribution < 1.29 is 40.9 Å². The zero-order valence-electron chi connectivity index (χ0n) is 6.48. The Morgan fingerprint density at radius 3 is 2.70 bits per heavy atom. The van der Waals surface area contributed by atoms with E-state index in [9.17, 15) is 4.79 Å². The Bertz CT molecular complexity index is 219. The Morgan fingerprint density at radius 1 is 1.70 bits per heavy atom. The molecule has 0 aromatic carbocycles. The van der Waals surface area contributed by atoms with Crippen LogP contribution in [0.25, 0.3) is 0 Å². The average molecular weight is 148 g/mol. The Morgan fingerprint density at radius 2 is 2.40 bits per heavy atom. The fraction of sp³-hybridized carbons (Fsp3) is 0. The van der Waals surface area contributed by atoms with Gasteiger partial charge in [0.1, 0.15) is 6.33 Å². The molecule has 1 aromatic heterocycles. The summed E-state index contributed by atoms with van der Waals surface area (Å²) in [4.78, 5) is 17.1. The summed E-state index contributed by atoms with van der Waals surface area (Å²) in [6, 6.07) is 1.34. The number of hydrogen-bond acceptors (Lipinski definition) is 3.